The third kappa shape index (κ3) is 1.91. The first kappa shape index (κ1) is 9.93. The van der Waals surface area contributed by atoms with Gasteiger partial charge >= 0.3 is 0 Å². The van der Waals surface area contributed by atoms with Crippen LogP contribution >= 0.6 is 0 Å². The minimum atomic E-state index is 0.0790. The van der Waals surface area contributed by atoms with Crippen molar-refractivity contribution in [3.05, 3.63) is 0 Å². The number of nitrogens with two attached hydrogens (primary N) is 1. The maximum absolute atomic E-state index is 11.9. The zero-order valence-electron chi connectivity index (χ0n) is 8.61. The second-order valence-electron chi connectivity index (χ2n) is 4.41. The SMILES string of the molecule is CC1CC(C(=O)N2CC[C@@H](N)C2)CO1. The Morgan fingerprint density at radius 1 is 1.57 bits per heavy atom. The molecule has 0 saturated carbocycles. The lowest BCUT2D eigenvalue weighted by Crippen LogP contribution is -2.36. The van der Waals surface area contributed by atoms with Crippen LogP contribution in [-0.2, 0) is 9.53 Å². The normalized spacial score (nSPS) is 37.9. The van der Waals surface area contributed by atoms with E-state index in [0.29, 0.717) is 6.61 Å². The van der Waals surface area contributed by atoms with E-state index < -0.39 is 0 Å². The van der Waals surface area contributed by atoms with E-state index in [1.165, 1.54) is 0 Å². The Labute approximate surface area is 84.4 Å². The number of likely N-dealkylation sites (tertiary alicyclic amines) is 1. The molecular weight excluding hydrogens is 180 g/mol. The number of nitrogens with zero attached hydrogens (tertiary/aromatic N) is 1. The van der Waals surface area contributed by atoms with Crippen LogP contribution in [0.3, 0.4) is 0 Å². The Bertz CT molecular complexity index is 210. The van der Waals surface area contributed by atoms with Gasteiger partial charge in [0, 0.05) is 19.1 Å². The average Bonchev–Trinajstić information content (AvgIpc) is 2.73. The van der Waals surface area contributed by atoms with Crippen molar-refractivity contribution >= 4 is 5.91 Å². The number of hydrogen-bond acceptors (Lipinski definition) is 3. The van der Waals surface area contributed by atoms with Crippen molar-refractivity contribution < 1.29 is 9.53 Å². The fourth-order valence-electron chi connectivity index (χ4n) is 2.23. The highest BCUT2D eigenvalue weighted by molar-refractivity contribution is 5.79. The molecule has 0 aromatic rings. The van der Waals surface area contributed by atoms with Gasteiger partial charge in [-0.05, 0) is 19.8 Å². The summed E-state index contributed by atoms with van der Waals surface area (Å²) in [5.41, 5.74) is 5.76. The maximum atomic E-state index is 11.9. The standard InChI is InChI=1S/C10H18N2O2/c1-7-4-8(6-14-7)10(13)12-3-2-9(11)5-12/h7-9H,2-6,11H2,1H3/t7?,8?,9-/m1/s1. The van der Waals surface area contributed by atoms with E-state index >= 15 is 0 Å². The van der Waals surface area contributed by atoms with E-state index in [1.54, 1.807) is 0 Å². The molecule has 3 atom stereocenters. The molecule has 2 unspecified atom stereocenters. The van der Waals surface area contributed by atoms with Gasteiger partial charge in [-0.25, -0.2) is 0 Å². The molecule has 80 valence electrons. The number of ether oxygens (including phenoxy) is 1. The number of carbonyl (C=O) groups is 1. The summed E-state index contributed by atoms with van der Waals surface area (Å²) in [6.07, 6.45) is 2.04. The molecule has 4 heteroatoms. The minimum Gasteiger partial charge on any atom is -0.378 e. The predicted octanol–water partition coefficient (Wildman–Crippen LogP) is -0.0290. The first-order chi connectivity index (χ1) is 6.66. The molecule has 4 nitrogen and oxygen atoms in total. The van der Waals surface area contributed by atoms with Crippen LogP contribution < -0.4 is 5.73 Å². The second kappa shape index (κ2) is 3.87. The van der Waals surface area contributed by atoms with Gasteiger partial charge in [0.2, 0.25) is 5.91 Å². The van der Waals surface area contributed by atoms with Crippen molar-refractivity contribution in [1.29, 1.82) is 0 Å². The lowest BCUT2D eigenvalue weighted by Gasteiger charge is -2.19. The Morgan fingerprint density at radius 3 is 2.86 bits per heavy atom. The summed E-state index contributed by atoms with van der Waals surface area (Å²) < 4.78 is 5.39. The van der Waals surface area contributed by atoms with Crippen molar-refractivity contribution in [2.75, 3.05) is 19.7 Å². The lowest BCUT2D eigenvalue weighted by molar-refractivity contribution is -0.134. The summed E-state index contributed by atoms with van der Waals surface area (Å²) >= 11 is 0. The van der Waals surface area contributed by atoms with Crippen LogP contribution in [0.5, 0.6) is 0 Å². The molecule has 0 aromatic carbocycles. The fourth-order valence-corrected chi connectivity index (χ4v) is 2.23. The summed E-state index contributed by atoms with van der Waals surface area (Å²) in [7, 11) is 0. The molecule has 2 aliphatic rings. The van der Waals surface area contributed by atoms with Crippen molar-refractivity contribution in [2.45, 2.75) is 31.9 Å². The molecule has 2 aliphatic heterocycles. The summed E-state index contributed by atoms with van der Waals surface area (Å²) in [6, 6.07) is 0.179. The predicted molar refractivity (Wildman–Crippen MR) is 52.7 cm³/mol. The smallest absolute Gasteiger partial charge is 0.228 e. The molecule has 0 spiro atoms. The van der Waals surface area contributed by atoms with Gasteiger partial charge in [-0.2, -0.15) is 0 Å². The summed E-state index contributed by atoms with van der Waals surface area (Å²) in [5, 5.41) is 0. The first-order valence-electron chi connectivity index (χ1n) is 5.33. The third-order valence-corrected chi connectivity index (χ3v) is 3.08. The van der Waals surface area contributed by atoms with Gasteiger partial charge in [-0.15, -0.1) is 0 Å². The van der Waals surface area contributed by atoms with E-state index in [9.17, 15) is 4.79 Å². The molecule has 2 heterocycles. The molecule has 0 bridgehead atoms. The van der Waals surface area contributed by atoms with Crippen LogP contribution in [0.2, 0.25) is 0 Å². The van der Waals surface area contributed by atoms with Gasteiger partial charge in [0.25, 0.3) is 0 Å². The van der Waals surface area contributed by atoms with E-state index in [0.717, 1.165) is 25.9 Å². The fraction of sp³-hybridized carbons (Fsp3) is 0.900. The molecular formula is C10H18N2O2. The zero-order chi connectivity index (χ0) is 10.1. The highest BCUT2D eigenvalue weighted by atomic mass is 16.5. The topological polar surface area (TPSA) is 55.6 Å². The maximum Gasteiger partial charge on any atom is 0.228 e. The average molecular weight is 198 g/mol. The molecule has 14 heavy (non-hydrogen) atoms. The van der Waals surface area contributed by atoms with Crippen LogP contribution in [-0.4, -0.2) is 42.6 Å². The second-order valence-corrected chi connectivity index (χ2v) is 4.41. The minimum absolute atomic E-state index is 0.0790. The van der Waals surface area contributed by atoms with Crippen LogP contribution in [0, 0.1) is 5.92 Å². The Balaban J connectivity index is 1.89. The molecule has 1 amide bonds. The highest BCUT2D eigenvalue weighted by Crippen LogP contribution is 2.22. The molecule has 2 saturated heterocycles. The first-order valence-corrected chi connectivity index (χ1v) is 5.33. The molecule has 2 rings (SSSR count). The monoisotopic (exact) mass is 198 g/mol. The van der Waals surface area contributed by atoms with Gasteiger partial charge in [0.05, 0.1) is 18.6 Å². The third-order valence-electron chi connectivity index (χ3n) is 3.08. The van der Waals surface area contributed by atoms with E-state index in [2.05, 4.69) is 0 Å². The van der Waals surface area contributed by atoms with Gasteiger partial charge in [-0.3, -0.25) is 4.79 Å². The van der Waals surface area contributed by atoms with E-state index in [4.69, 9.17) is 10.5 Å². The summed E-state index contributed by atoms with van der Waals surface area (Å²) in [5.74, 6) is 0.317. The number of rotatable bonds is 1. The lowest BCUT2D eigenvalue weighted by atomic mass is 10.1. The van der Waals surface area contributed by atoms with Crippen LogP contribution in [0.4, 0.5) is 0 Å². The summed E-state index contributed by atoms with van der Waals surface area (Å²) in [6.45, 7) is 4.16. The number of hydrogen-bond donors (Lipinski definition) is 1. The number of amides is 1. The van der Waals surface area contributed by atoms with Gasteiger partial charge in [-0.1, -0.05) is 0 Å². The molecule has 2 fully saturated rings. The largest absolute Gasteiger partial charge is 0.378 e. The molecule has 2 N–H and O–H groups in total. The van der Waals surface area contributed by atoms with Crippen molar-refractivity contribution in [1.82, 2.24) is 4.90 Å². The Kier molecular flexibility index (Phi) is 2.74. The van der Waals surface area contributed by atoms with E-state index in [-0.39, 0.29) is 24.0 Å². The van der Waals surface area contributed by atoms with Crippen LogP contribution in [0.1, 0.15) is 19.8 Å². The molecule has 0 radical (unpaired) electrons. The summed E-state index contributed by atoms with van der Waals surface area (Å²) in [4.78, 5) is 13.8. The quantitative estimate of drug-likeness (QED) is 0.644. The highest BCUT2D eigenvalue weighted by Gasteiger charge is 2.33. The van der Waals surface area contributed by atoms with Crippen LogP contribution in [0.25, 0.3) is 0 Å². The van der Waals surface area contributed by atoms with Crippen molar-refractivity contribution in [2.24, 2.45) is 11.7 Å². The Morgan fingerprint density at radius 2 is 2.36 bits per heavy atom. The van der Waals surface area contributed by atoms with Crippen molar-refractivity contribution in [3.8, 4) is 0 Å². The van der Waals surface area contributed by atoms with Gasteiger partial charge in [0.1, 0.15) is 0 Å². The van der Waals surface area contributed by atoms with Crippen LogP contribution in [0.15, 0.2) is 0 Å². The van der Waals surface area contributed by atoms with Gasteiger partial charge in [0.15, 0.2) is 0 Å². The Hall–Kier alpha value is -0.610. The van der Waals surface area contributed by atoms with Crippen molar-refractivity contribution in [3.63, 3.8) is 0 Å². The zero-order valence-corrected chi connectivity index (χ0v) is 8.61. The van der Waals surface area contributed by atoms with E-state index in [1.807, 2.05) is 11.8 Å². The molecule has 0 aromatic heterocycles. The molecule has 0 aliphatic carbocycles. The number of carbonyl (C=O) groups excluding carboxylic acids is 1. The van der Waals surface area contributed by atoms with Gasteiger partial charge < -0.3 is 15.4 Å².